The van der Waals surface area contributed by atoms with Gasteiger partial charge in [0.15, 0.2) is 0 Å². The second kappa shape index (κ2) is 6.23. The third-order valence-corrected chi connectivity index (χ3v) is 4.02. The lowest BCUT2D eigenvalue weighted by Crippen LogP contribution is -1.99. The maximum atomic E-state index is 5.20. The van der Waals surface area contributed by atoms with Crippen LogP contribution in [0.25, 0.3) is 11.1 Å². The number of ether oxygens (including phenoxy) is 1. The highest BCUT2D eigenvalue weighted by molar-refractivity contribution is 9.10. The largest absolute Gasteiger partial charge is 0.497 e. The van der Waals surface area contributed by atoms with E-state index in [0.717, 1.165) is 32.9 Å². The molecule has 5 heteroatoms. The Hall–Kier alpha value is -2.27. The zero-order valence-corrected chi connectivity index (χ0v) is 14.0. The van der Waals surface area contributed by atoms with Crippen LogP contribution in [0.1, 0.15) is 0 Å². The van der Waals surface area contributed by atoms with Crippen LogP contribution in [0.2, 0.25) is 0 Å². The summed E-state index contributed by atoms with van der Waals surface area (Å²) in [6.07, 6.45) is 1.77. The lowest BCUT2D eigenvalue weighted by Gasteiger charge is -2.10. The van der Waals surface area contributed by atoms with Gasteiger partial charge in [0.2, 0.25) is 0 Å². The molecule has 0 aliphatic heterocycles. The van der Waals surface area contributed by atoms with Crippen molar-refractivity contribution in [3.05, 3.63) is 59.2 Å². The minimum Gasteiger partial charge on any atom is -0.497 e. The highest BCUT2D eigenvalue weighted by Crippen LogP contribution is 2.28. The van der Waals surface area contributed by atoms with E-state index in [1.165, 1.54) is 0 Å². The molecular formula is C17H16BrN3O. The van der Waals surface area contributed by atoms with Gasteiger partial charge in [0.05, 0.1) is 17.8 Å². The third kappa shape index (κ3) is 2.99. The summed E-state index contributed by atoms with van der Waals surface area (Å²) < 4.78 is 7.93. The SMILES string of the molecule is COc1ccc(-c2cccc(Nc3c(Br)cnn3C)c2)cc1. The summed E-state index contributed by atoms with van der Waals surface area (Å²) in [6, 6.07) is 16.3. The Bertz CT molecular complexity index is 761. The number of aryl methyl sites for hydroxylation is 1. The molecule has 1 heterocycles. The Labute approximate surface area is 137 Å². The number of hydrogen-bond donors (Lipinski definition) is 1. The van der Waals surface area contributed by atoms with Crippen molar-refractivity contribution in [3.8, 4) is 16.9 Å². The number of aromatic nitrogens is 2. The van der Waals surface area contributed by atoms with Gasteiger partial charge in [-0.05, 0) is 51.3 Å². The fraction of sp³-hybridized carbons (Fsp3) is 0.118. The van der Waals surface area contributed by atoms with Crippen molar-refractivity contribution in [1.82, 2.24) is 9.78 Å². The first-order valence-electron chi connectivity index (χ1n) is 6.86. The molecular weight excluding hydrogens is 342 g/mol. The van der Waals surface area contributed by atoms with Crippen LogP contribution >= 0.6 is 15.9 Å². The monoisotopic (exact) mass is 357 g/mol. The molecule has 1 aromatic heterocycles. The molecule has 1 N–H and O–H groups in total. The zero-order valence-electron chi connectivity index (χ0n) is 12.4. The van der Waals surface area contributed by atoms with Crippen molar-refractivity contribution in [1.29, 1.82) is 0 Å². The molecule has 0 atom stereocenters. The van der Waals surface area contributed by atoms with E-state index in [1.54, 1.807) is 18.0 Å². The summed E-state index contributed by atoms with van der Waals surface area (Å²) in [5.74, 6) is 1.78. The number of anilines is 2. The summed E-state index contributed by atoms with van der Waals surface area (Å²) in [5.41, 5.74) is 3.30. The molecule has 0 spiro atoms. The molecule has 3 aromatic rings. The summed E-state index contributed by atoms with van der Waals surface area (Å²) in [6.45, 7) is 0. The molecule has 0 bridgehead atoms. The van der Waals surface area contributed by atoms with Gasteiger partial charge in [-0.1, -0.05) is 24.3 Å². The molecule has 3 rings (SSSR count). The normalized spacial score (nSPS) is 10.5. The molecule has 0 aliphatic rings. The van der Waals surface area contributed by atoms with Crippen molar-refractivity contribution in [2.45, 2.75) is 0 Å². The summed E-state index contributed by atoms with van der Waals surface area (Å²) in [4.78, 5) is 0. The maximum absolute atomic E-state index is 5.20. The number of methoxy groups -OCH3 is 1. The molecule has 0 aliphatic carbocycles. The average Bonchev–Trinajstić information content (AvgIpc) is 2.87. The van der Waals surface area contributed by atoms with Crippen LogP contribution in [0.5, 0.6) is 5.75 Å². The van der Waals surface area contributed by atoms with E-state index in [1.807, 2.05) is 31.3 Å². The molecule has 0 saturated carbocycles. The zero-order chi connectivity index (χ0) is 15.5. The first-order valence-corrected chi connectivity index (χ1v) is 7.65. The van der Waals surface area contributed by atoms with Gasteiger partial charge in [0, 0.05) is 12.7 Å². The predicted octanol–water partition coefficient (Wildman–Crippen LogP) is 4.60. The van der Waals surface area contributed by atoms with E-state index >= 15 is 0 Å². The number of halogens is 1. The van der Waals surface area contributed by atoms with Crippen molar-refractivity contribution >= 4 is 27.4 Å². The van der Waals surface area contributed by atoms with Gasteiger partial charge in [-0.25, -0.2) is 0 Å². The van der Waals surface area contributed by atoms with Gasteiger partial charge in [0.1, 0.15) is 11.6 Å². The Morgan fingerprint density at radius 2 is 1.86 bits per heavy atom. The van der Waals surface area contributed by atoms with Crippen LogP contribution in [0, 0.1) is 0 Å². The van der Waals surface area contributed by atoms with Gasteiger partial charge in [-0.2, -0.15) is 5.10 Å². The van der Waals surface area contributed by atoms with E-state index in [-0.39, 0.29) is 0 Å². The van der Waals surface area contributed by atoms with Crippen LogP contribution < -0.4 is 10.1 Å². The Kier molecular flexibility index (Phi) is 4.15. The Balaban J connectivity index is 1.89. The smallest absolute Gasteiger partial charge is 0.142 e. The second-order valence-electron chi connectivity index (χ2n) is 4.90. The van der Waals surface area contributed by atoms with Crippen molar-refractivity contribution in [2.75, 3.05) is 12.4 Å². The van der Waals surface area contributed by atoms with Gasteiger partial charge >= 0.3 is 0 Å². The predicted molar refractivity (Wildman–Crippen MR) is 92.6 cm³/mol. The number of rotatable bonds is 4. The molecule has 4 nitrogen and oxygen atoms in total. The minimum absolute atomic E-state index is 0.858. The van der Waals surface area contributed by atoms with Crippen molar-refractivity contribution in [2.24, 2.45) is 7.05 Å². The standard InChI is InChI=1S/C17H16BrN3O/c1-21-17(16(18)11-19-21)20-14-5-3-4-13(10-14)12-6-8-15(22-2)9-7-12/h3-11,20H,1-2H3. The molecule has 0 saturated heterocycles. The molecule has 0 radical (unpaired) electrons. The minimum atomic E-state index is 0.858. The topological polar surface area (TPSA) is 39.1 Å². The summed E-state index contributed by atoms with van der Waals surface area (Å²) in [7, 11) is 3.58. The lowest BCUT2D eigenvalue weighted by molar-refractivity contribution is 0.415. The lowest BCUT2D eigenvalue weighted by atomic mass is 10.1. The fourth-order valence-electron chi connectivity index (χ4n) is 2.25. The highest BCUT2D eigenvalue weighted by atomic mass is 79.9. The second-order valence-corrected chi connectivity index (χ2v) is 5.75. The van der Waals surface area contributed by atoms with Crippen LogP contribution in [0.3, 0.4) is 0 Å². The van der Waals surface area contributed by atoms with E-state index in [2.05, 4.69) is 50.6 Å². The quantitative estimate of drug-likeness (QED) is 0.741. The van der Waals surface area contributed by atoms with Crippen molar-refractivity contribution < 1.29 is 4.74 Å². The first-order chi connectivity index (χ1) is 10.7. The van der Waals surface area contributed by atoms with E-state index in [9.17, 15) is 0 Å². The van der Waals surface area contributed by atoms with E-state index in [4.69, 9.17) is 4.74 Å². The van der Waals surface area contributed by atoms with E-state index in [0.29, 0.717) is 0 Å². The Morgan fingerprint density at radius 3 is 2.50 bits per heavy atom. The number of hydrogen-bond acceptors (Lipinski definition) is 3. The summed E-state index contributed by atoms with van der Waals surface area (Å²) >= 11 is 3.49. The van der Waals surface area contributed by atoms with Crippen molar-refractivity contribution in [3.63, 3.8) is 0 Å². The molecule has 2 aromatic carbocycles. The van der Waals surface area contributed by atoms with Gasteiger partial charge in [-0.15, -0.1) is 0 Å². The molecule has 22 heavy (non-hydrogen) atoms. The van der Waals surface area contributed by atoms with E-state index < -0.39 is 0 Å². The highest BCUT2D eigenvalue weighted by Gasteiger charge is 2.07. The number of nitrogens with one attached hydrogen (secondary N) is 1. The van der Waals surface area contributed by atoms with Crippen LogP contribution in [0.4, 0.5) is 11.5 Å². The molecule has 0 unspecified atom stereocenters. The molecule has 0 fully saturated rings. The molecule has 0 amide bonds. The van der Waals surface area contributed by atoms with Gasteiger partial charge in [-0.3, -0.25) is 4.68 Å². The van der Waals surface area contributed by atoms with Crippen LogP contribution in [0.15, 0.2) is 59.2 Å². The van der Waals surface area contributed by atoms with Crippen LogP contribution in [-0.4, -0.2) is 16.9 Å². The van der Waals surface area contributed by atoms with Gasteiger partial charge < -0.3 is 10.1 Å². The van der Waals surface area contributed by atoms with Crippen LogP contribution in [-0.2, 0) is 7.05 Å². The third-order valence-electron chi connectivity index (χ3n) is 3.44. The maximum Gasteiger partial charge on any atom is 0.142 e. The number of benzene rings is 2. The number of nitrogens with zero attached hydrogens (tertiary/aromatic N) is 2. The average molecular weight is 358 g/mol. The molecule has 112 valence electrons. The first kappa shape index (κ1) is 14.7. The summed E-state index contributed by atoms with van der Waals surface area (Å²) in [5, 5.41) is 7.59. The van der Waals surface area contributed by atoms with Gasteiger partial charge in [0.25, 0.3) is 0 Å². The Morgan fingerprint density at radius 1 is 1.09 bits per heavy atom. The fourth-order valence-corrected chi connectivity index (χ4v) is 2.70.